The summed E-state index contributed by atoms with van der Waals surface area (Å²) in [5, 5.41) is 5.79. The number of hydrogen-bond acceptors (Lipinski definition) is 3. The van der Waals surface area contributed by atoms with Gasteiger partial charge in [0.05, 0.1) is 11.9 Å². The van der Waals surface area contributed by atoms with Gasteiger partial charge in [-0.05, 0) is 33.7 Å². The summed E-state index contributed by atoms with van der Waals surface area (Å²) in [6.45, 7) is 0. The molecule has 0 fully saturated rings. The summed E-state index contributed by atoms with van der Waals surface area (Å²) in [6, 6.07) is 42.6. The van der Waals surface area contributed by atoms with Gasteiger partial charge in [-0.3, -0.25) is 4.72 Å². The van der Waals surface area contributed by atoms with E-state index in [4.69, 9.17) is 0 Å². The van der Waals surface area contributed by atoms with Crippen molar-refractivity contribution in [2.45, 2.75) is 0 Å². The number of sulfonamides is 1. The number of fused-ring (bicyclic) bond motifs is 2. The lowest BCUT2D eigenvalue weighted by molar-refractivity contribution is 0.592. The van der Waals surface area contributed by atoms with Gasteiger partial charge < -0.3 is 4.57 Å². The Kier molecular flexibility index (Phi) is 6.34. The Morgan fingerprint density at radius 2 is 1.00 bits per heavy atom. The predicted octanol–water partition coefficient (Wildman–Crippen LogP) is 6.67. The summed E-state index contributed by atoms with van der Waals surface area (Å²) in [6.07, 6.45) is 1.15. The van der Waals surface area contributed by atoms with Crippen LogP contribution in [0.15, 0.2) is 133 Å². The van der Waals surface area contributed by atoms with Crippen LogP contribution in [-0.2, 0) is 14.6 Å². The molecule has 1 N–H and O–H groups in total. The summed E-state index contributed by atoms with van der Waals surface area (Å²) < 4.78 is 43.5. The Bertz CT molecular complexity index is 1950. The molecule has 0 bridgehead atoms. The van der Waals surface area contributed by atoms with Gasteiger partial charge in [-0.15, -0.1) is 0 Å². The lowest BCUT2D eigenvalue weighted by Gasteiger charge is -2.26. The highest BCUT2D eigenvalue weighted by Gasteiger charge is 2.34. The first-order chi connectivity index (χ1) is 18.9. The third-order valence-electron chi connectivity index (χ3n) is 6.96. The molecule has 39 heavy (non-hydrogen) atoms. The Morgan fingerprint density at radius 3 is 1.54 bits per heavy atom. The number of benzene rings is 6. The van der Waals surface area contributed by atoms with Crippen LogP contribution in [0.25, 0.3) is 32.7 Å². The van der Waals surface area contributed by atoms with E-state index in [1.165, 1.54) is 0 Å². The van der Waals surface area contributed by atoms with Crippen molar-refractivity contribution in [3.8, 4) is 11.1 Å². The van der Waals surface area contributed by atoms with Gasteiger partial charge in [-0.1, -0.05) is 121 Å². The van der Waals surface area contributed by atoms with Crippen LogP contribution in [0, 0.1) is 0 Å². The van der Waals surface area contributed by atoms with Crippen LogP contribution in [0.1, 0.15) is 0 Å². The molecule has 0 saturated heterocycles. The van der Waals surface area contributed by atoms with Crippen molar-refractivity contribution in [2.24, 2.45) is 0 Å². The van der Waals surface area contributed by atoms with E-state index in [1.807, 2.05) is 127 Å². The van der Waals surface area contributed by atoms with Gasteiger partial charge in [0, 0.05) is 27.0 Å². The third-order valence-corrected chi connectivity index (χ3v) is 10.7. The molecule has 0 aliphatic rings. The highest BCUT2D eigenvalue weighted by molar-refractivity contribution is 7.92. The SMILES string of the molecule is CS(=O)(=O)Nc1ccc2ccccc2c1-c1c(P(=O)(c2ccccc2)c2ccccc2)ccc2ccccc12. The molecule has 6 aromatic rings. The van der Waals surface area contributed by atoms with Gasteiger partial charge in [0.2, 0.25) is 10.0 Å². The van der Waals surface area contributed by atoms with Crippen molar-refractivity contribution in [1.29, 1.82) is 0 Å². The highest BCUT2D eigenvalue weighted by Crippen LogP contribution is 2.49. The standard InChI is InChI=1S/C33H26NO3PS/c1-39(36,37)34-30-22-20-24-12-8-10-18-28(24)32(30)33-29-19-11-9-13-25(29)21-23-31(33)38(35,26-14-4-2-5-15-26)27-16-6-3-7-17-27/h2-23,34H,1H3. The van der Waals surface area contributed by atoms with E-state index in [0.29, 0.717) is 27.2 Å². The molecule has 192 valence electrons. The molecule has 0 amide bonds. The second-order valence-corrected chi connectivity index (χ2v) is 14.0. The van der Waals surface area contributed by atoms with Crippen molar-refractivity contribution < 1.29 is 13.0 Å². The van der Waals surface area contributed by atoms with Crippen molar-refractivity contribution in [3.63, 3.8) is 0 Å². The Balaban J connectivity index is 1.83. The Hall–Kier alpha value is -4.18. The second-order valence-electron chi connectivity index (χ2n) is 9.54. The first-order valence-electron chi connectivity index (χ1n) is 12.6. The molecule has 0 saturated carbocycles. The van der Waals surface area contributed by atoms with E-state index in [1.54, 1.807) is 6.07 Å². The van der Waals surface area contributed by atoms with E-state index in [0.717, 1.165) is 33.4 Å². The molecule has 0 aliphatic heterocycles. The van der Waals surface area contributed by atoms with Gasteiger partial charge in [0.15, 0.2) is 7.14 Å². The quantitative estimate of drug-likeness (QED) is 0.237. The average Bonchev–Trinajstić information content (AvgIpc) is 2.96. The fourth-order valence-electron chi connectivity index (χ4n) is 5.31. The van der Waals surface area contributed by atoms with E-state index in [-0.39, 0.29) is 0 Å². The maximum absolute atomic E-state index is 15.6. The average molecular weight is 548 g/mol. The van der Waals surface area contributed by atoms with Gasteiger partial charge in [0.1, 0.15) is 0 Å². The molecule has 0 unspecified atom stereocenters. The zero-order valence-electron chi connectivity index (χ0n) is 21.3. The maximum Gasteiger partial charge on any atom is 0.229 e. The molecule has 6 aromatic carbocycles. The number of rotatable bonds is 6. The van der Waals surface area contributed by atoms with Gasteiger partial charge in [0.25, 0.3) is 0 Å². The molecule has 6 heteroatoms. The minimum atomic E-state index is -3.60. The normalized spacial score (nSPS) is 12.0. The van der Waals surface area contributed by atoms with E-state index >= 15 is 4.57 Å². The molecule has 0 aromatic heterocycles. The number of hydrogen-bond donors (Lipinski definition) is 1. The summed E-state index contributed by atoms with van der Waals surface area (Å²) in [7, 11) is -7.01. The molecule has 0 spiro atoms. The molecule has 6 rings (SSSR count). The van der Waals surface area contributed by atoms with Crippen LogP contribution in [0.5, 0.6) is 0 Å². The Morgan fingerprint density at radius 1 is 0.538 bits per heavy atom. The molecular weight excluding hydrogens is 521 g/mol. The number of nitrogens with one attached hydrogen (secondary N) is 1. The second kappa shape index (κ2) is 9.85. The first-order valence-corrected chi connectivity index (χ1v) is 16.2. The van der Waals surface area contributed by atoms with Gasteiger partial charge in [-0.25, -0.2) is 8.42 Å². The molecule has 4 nitrogen and oxygen atoms in total. The summed E-state index contributed by atoms with van der Waals surface area (Å²) in [4.78, 5) is 0. The summed E-state index contributed by atoms with van der Waals surface area (Å²) >= 11 is 0. The van der Waals surface area contributed by atoms with Gasteiger partial charge >= 0.3 is 0 Å². The third kappa shape index (κ3) is 4.54. The van der Waals surface area contributed by atoms with Crippen molar-refractivity contribution in [3.05, 3.63) is 133 Å². The minimum Gasteiger partial charge on any atom is -0.309 e. The smallest absolute Gasteiger partial charge is 0.229 e. The van der Waals surface area contributed by atoms with E-state index < -0.39 is 17.2 Å². The van der Waals surface area contributed by atoms with Crippen LogP contribution < -0.4 is 20.6 Å². The molecule has 0 heterocycles. The molecular formula is C33H26NO3PS. The van der Waals surface area contributed by atoms with E-state index in [2.05, 4.69) is 4.72 Å². The van der Waals surface area contributed by atoms with Crippen LogP contribution in [0.3, 0.4) is 0 Å². The minimum absolute atomic E-state index is 0.446. The topological polar surface area (TPSA) is 63.2 Å². The van der Waals surface area contributed by atoms with Gasteiger partial charge in [-0.2, -0.15) is 0 Å². The van der Waals surface area contributed by atoms with Crippen molar-refractivity contribution in [2.75, 3.05) is 11.0 Å². The van der Waals surface area contributed by atoms with E-state index in [9.17, 15) is 8.42 Å². The fourth-order valence-corrected chi connectivity index (χ4v) is 8.75. The van der Waals surface area contributed by atoms with Crippen LogP contribution >= 0.6 is 7.14 Å². The monoisotopic (exact) mass is 547 g/mol. The summed E-state index contributed by atoms with van der Waals surface area (Å²) in [5.41, 5.74) is 1.91. The molecule has 0 radical (unpaired) electrons. The van der Waals surface area contributed by atoms with Crippen LogP contribution in [-0.4, -0.2) is 14.7 Å². The number of anilines is 1. The Labute approximate surface area is 228 Å². The fraction of sp³-hybridized carbons (Fsp3) is 0.0303. The molecule has 0 aliphatic carbocycles. The maximum atomic E-state index is 15.6. The lowest BCUT2D eigenvalue weighted by atomic mass is 9.92. The lowest BCUT2D eigenvalue weighted by Crippen LogP contribution is -2.26. The van der Waals surface area contributed by atoms with Crippen LogP contribution in [0.2, 0.25) is 0 Å². The van der Waals surface area contributed by atoms with Crippen LogP contribution in [0.4, 0.5) is 5.69 Å². The largest absolute Gasteiger partial charge is 0.309 e. The zero-order valence-corrected chi connectivity index (χ0v) is 23.0. The predicted molar refractivity (Wildman–Crippen MR) is 165 cm³/mol. The van der Waals surface area contributed by atoms with Crippen molar-refractivity contribution in [1.82, 2.24) is 0 Å². The summed E-state index contributed by atoms with van der Waals surface area (Å²) in [5.74, 6) is 0. The molecule has 0 atom stereocenters. The highest BCUT2D eigenvalue weighted by atomic mass is 32.2. The zero-order chi connectivity index (χ0) is 27.0. The van der Waals surface area contributed by atoms with Crippen molar-refractivity contribution >= 4 is 60.3 Å². The first kappa shape index (κ1) is 25.1.